The monoisotopic (exact) mass is 286 g/mol. The van der Waals surface area contributed by atoms with Gasteiger partial charge in [0.1, 0.15) is 12.1 Å². The predicted molar refractivity (Wildman–Crippen MR) is 61.2 cm³/mol. The van der Waals surface area contributed by atoms with Crippen molar-refractivity contribution in [2.24, 2.45) is 11.5 Å². The first-order chi connectivity index (χ1) is 7.50. The Morgan fingerprint density at radius 2 is 1.44 bits per heavy atom. The zero-order valence-electron chi connectivity index (χ0n) is 7.99. The van der Waals surface area contributed by atoms with E-state index >= 15 is 0 Å². The van der Waals surface area contributed by atoms with Crippen molar-refractivity contribution in [3.8, 4) is 0 Å². The summed E-state index contributed by atoms with van der Waals surface area (Å²) in [6, 6.07) is -1.82. The molecule has 1 rings (SSSR count). The first-order valence-corrected chi connectivity index (χ1v) is 7.61. The van der Waals surface area contributed by atoms with E-state index in [1.165, 1.54) is 21.6 Å². The molecule has 1 fully saturated rings. The van der Waals surface area contributed by atoms with Crippen LogP contribution >= 0.6 is 21.6 Å². The average molecular weight is 286 g/mol. The number of hydrogen-bond donors (Lipinski definition) is 2. The molecule has 10 heteroatoms. The summed E-state index contributed by atoms with van der Waals surface area (Å²) in [5, 5.41) is 0. The smallest absolute Gasteiger partial charge is 0.333 e. The van der Waals surface area contributed by atoms with E-state index in [4.69, 9.17) is 11.5 Å². The molecule has 92 valence electrons. The first-order valence-electron chi connectivity index (χ1n) is 4.12. The molecular formula is C6H10N2O5S3. The van der Waals surface area contributed by atoms with Crippen LogP contribution < -0.4 is 11.5 Å². The van der Waals surface area contributed by atoms with Crippen molar-refractivity contribution in [3.05, 3.63) is 0 Å². The van der Waals surface area contributed by atoms with Crippen LogP contribution in [-0.4, -0.2) is 39.7 Å². The third kappa shape index (κ3) is 4.29. The van der Waals surface area contributed by atoms with Gasteiger partial charge in [0.25, 0.3) is 0 Å². The summed E-state index contributed by atoms with van der Waals surface area (Å²) >= 11 is -2.47. The molecule has 2 atom stereocenters. The number of carbonyl (C=O) groups excluding carboxylic acids is 2. The molecule has 0 aromatic rings. The van der Waals surface area contributed by atoms with Gasteiger partial charge in [-0.15, -0.1) is 0 Å². The van der Waals surface area contributed by atoms with Gasteiger partial charge < -0.3 is 19.8 Å². The molecule has 0 bridgehead atoms. The second kappa shape index (κ2) is 6.45. The molecule has 0 saturated carbocycles. The van der Waals surface area contributed by atoms with Crippen molar-refractivity contribution in [2.75, 3.05) is 11.5 Å². The van der Waals surface area contributed by atoms with Crippen molar-refractivity contribution >= 4 is 44.9 Å². The van der Waals surface area contributed by atoms with E-state index in [0.717, 1.165) is 0 Å². The fraction of sp³-hybridized carbons (Fsp3) is 0.667. The Morgan fingerprint density at radius 3 is 1.81 bits per heavy atom. The van der Waals surface area contributed by atoms with E-state index < -0.39 is 35.4 Å². The van der Waals surface area contributed by atoms with Crippen LogP contribution in [0, 0.1) is 0 Å². The fourth-order valence-electron chi connectivity index (χ4n) is 0.654. The predicted octanol–water partition coefficient (Wildman–Crippen LogP) is -1.30. The van der Waals surface area contributed by atoms with Crippen LogP contribution in [-0.2, 0) is 29.3 Å². The van der Waals surface area contributed by atoms with Crippen molar-refractivity contribution in [3.63, 3.8) is 0 Å². The van der Waals surface area contributed by atoms with Crippen LogP contribution in [0.3, 0.4) is 0 Å². The highest BCUT2D eigenvalue weighted by Gasteiger charge is 2.25. The zero-order chi connectivity index (χ0) is 12.1. The Morgan fingerprint density at radius 1 is 1.06 bits per heavy atom. The molecule has 0 spiro atoms. The van der Waals surface area contributed by atoms with Crippen LogP contribution in [0.5, 0.6) is 0 Å². The third-order valence-corrected chi connectivity index (χ3v) is 4.56. The molecule has 1 aliphatic rings. The number of rotatable bonds is 0. The van der Waals surface area contributed by atoms with Gasteiger partial charge in [-0.2, -0.15) is 4.21 Å². The molecule has 0 radical (unpaired) electrons. The molecule has 1 aliphatic heterocycles. The lowest BCUT2D eigenvalue weighted by Crippen LogP contribution is -2.36. The van der Waals surface area contributed by atoms with Gasteiger partial charge in [0, 0.05) is 11.5 Å². The van der Waals surface area contributed by atoms with Crippen LogP contribution in [0.2, 0.25) is 0 Å². The van der Waals surface area contributed by atoms with E-state index in [1.807, 2.05) is 0 Å². The molecule has 0 aliphatic carbocycles. The van der Waals surface area contributed by atoms with Crippen molar-refractivity contribution in [1.82, 2.24) is 0 Å². The van der Waals surface area contributed by atoms with E-state index in [9.17, 15) is 13.8 Å². The summed E-state index contributed by atoms with van der Waals surface area (Å²) in [6.07, 6.45) is 0. The maximum absolute atomic E-state index is 11.2. The lowest BCUT2D eigenvalue weighted by Gasteiger charge is -2.07. The van der Waals surface area contributed by atoms with Crippen molar-refractivity contribution in [2.45, 2.75) is 12.1 Å². The van der Waals surface area contributed by atoms with Crippen LogP contribution in [0.4, 0.5) is 0 Å². The molecule has 16 heavy (non-hydrogen) atoms. The third-order valence-electron chi connectivity index (χ3n) is 1.48. The average Bonchev–Trinajstić information content (AvgIpc) is 2.23. The van der Waals surface area contributed by atoms with Gasteiger partial charge in [0.05, 0.1) is 0 Å². The van der Waals surface area contributed by atoms with Crippen LogP contribution in [0.1, 0.15) is 0 Å². The minimum Gasteiger partial charge on any atom is -0.333 e. The maximum Gasteiger partial charge on any atom is 0.423 e. The Hall–Kier alpha value is -0.290. The molecule has 0 amide bonds. The van der Waals surface area contributed by atoms with Gasteiger partial charge in [-0.1, -0.05) is 21.6 Å². The molecule has 2 unspecified atom stereocenters. The number of hydrogen-bond acceptors (Lipinski definition) is 9. The maximum atomic E-state index is 11.2. The van der Waals surface area contributed by atoms with Crippen LogP contribution in [0.15, 0.2) is 0 Å². The summed E-state index contributed by atoms with van der Waals surface area (Å²) in [5.74, 6) is -1.20. The Labute approximate surface area is 102 Å². The number of nitrogens with two attached hydrogens (primary N) is 2. The highest BCUT2D eigenvalue weighted by atomic mass is 33.1. The Bertz CT molecular complexity index is 285. The lowest BCUT2D eigenvalue weighted by atomic mass is 10.4. The molecule has 1 saturated heterocycles. The molecule has 1 heterocycles. The van der Waals surface area contributed by atoms with E-state index in [2.05, 4.69) is 8.37 Å². The van der Waals surface area contributed by atoms with Gasteiger partial charge in [-0.05, 0) is 0 Å². The van der Waals surface area contributed by atoms with Crippen molar-refractivity contribution < 1.29 is 22.2 Å². The standard InChI is InChI=1S/C6H10N2O5S3/c7-3-1-14-15-2-4(8)6(10)13-16(11)12-5(3)9/h3-4H,1-2,7-8H2. The van der Waals surface area contributed by atoms with Gasteiger partial charge in [-0.25, -0.2) is 9.59 Å². The summed E-state index contributed by atoms with van der Waals surface area (Å²) < 4.78 is 19.6. The van der Waals surface area contributed by atoms with Gasteiger partial charge in [-0.3, -0.25) is 0 Å². The van der Waals surface area contributed by atoms with Crippen molar-refractivity contribution in [1.29, 1.82) is 0 Å². The van der Waals surface area contributed by atoms with E-state index in [1.54, 1.807) is 0 Å². The van der Waals surface area contributed by atoms with Gasteiger partial charge >= 0.3 is 23.3 Å². The lowest BCUT2D eigenvalue weighted by molar-refractivity contribution is -0.137. The normalized spacial score (nSPS) is 33.5. The summed E-state index contributed by atoms with van der Waals surface area (Å²) in [5.41, 5.74) is 10.9. The largest absolute Gasteiger partial charge is 0.423 e. The quantitative estimate of drug-likeness (QED) is 0.523. The fourth-order valence-corrected chi connectivity index (χ4v) is 3.42. The first kappa shape index (κ1) is 13.8. The minimum atomic E-state index is -2.47. The topological polar surface area (TPSA) is 122 Å². The number of carbonyl (C=O) groups is 2. The van der Waals surface area contributed by atoms with Gasteiger partial charge in [0.2, 0.25) is 0 Å². The molecule has 0 aromatic heterocycles. The Kier molecular flexibility index (Phi) is 5.55. The molecular weight excluding hydrogens is 276 g/mol. The molecule has 7 nitrogen and oxygen atoms in total. The second-order valence-corrected chi connectivity index (χ2v) is 6.08. The SMILES string of the molecule is NC1CSSCC(N)C(=O)OS(=O)OC1=O. The van der Waals surface area contributed by atoms with Gasteiger partial charge in [0.15, 0.2) is 0 Å². The zero-order valence-corrected chi connectivity index (χ0v) is 10.4. The van der Waals surface area contributed by atoms with E-state index in [0.29, 0.717) is 0 Å². The minimum absolute atomic E-state index is 0.279. The summed E-state index contributed by atoms with van der Waals surface area (Å²) in [7, 11) is 2.57. The molecule has 4 N–H and O–H groups in total. The second-order valence-electron chi connectivity index (χ2n) is 2.79. The van der Waals surface area contributed by atoms with Crippen LogP contribution in [0.25, 0.3) is 0 Å². The summed E-state index contributed by atoms with van der Waals surface area (Å²) in [6.45, 7) is 0. The Balaban J connectivity index is 2.67. The summed E-state index contributed by atoms with van der Waals surface area (Å²) in [4.78, 5) is 22.3. The highest BCUT2D eigenvalue weighted by molar-refractivity contribution is 8.76. The molecule has 0 aromatic carbocycles. The highest BCUT2D eigenvalue weighted by Crippen LogP contribution is 2.23. The van der Waals surface area contributed by atoms with E-state index in [-0.39, 0.29) is 11.5 Å².